The van der Waals surface area contributed by atoms with Crippen LogP contribution in [0.5, 0.6) is 0 Å². The van der Waals surface area contributed by atoms with Crippen molar-refractivity contribution >= 4 is 5.84 Å². The number of hydrogen-bond acceptors (Lipinski definition) is 5. The maximum absolute atomic E-state index is 5.59. The monoisotopic (exact) mass is 302 g/mol. The number of nitrogens with one attached hydrogen (secondary N) is 3. The van der Waals surface area contributed by atoms with Crippen LogP contribution in [-0.2, 0) is 4.74 Å². The molecule has 5 heteroatoms. The molecule has 0 aromatic rings. The van der Waals surface area contributed by atoms with Crippen molar-refractivity contribution in [2.75, 3.05) is 26.3 Å². The second kappa shape index (κ2) is 6.42. The van der Waals surface area contributed by atoms with Gasteiger partial charge >= 0.3 is 0 Å². The molecule has 2 atom stereocenters. The number of fused-ring (bicyclic) bond motifs is 1. The van der Waals surface area contributed by atoms with Gasteiger partial charge in [-0.1, -0.05) is 0 Å². The van der Waals surface area contributed by atoms with Crippen LogP contribution in [0.1, 0.15) is 32.1 Å². The van der Waals surface area contributed by atoms with E-state index >= 15 is 0 Å². The smallest absolute Gasteiger partial charge is 0.161 e. The van der Waals surface area contributed by atoms with Crippen molar-refractivity contribution in [3.8, 4) is 0 Å². The molecule has 4 aliphatic rings. The molecule has 22 heavy (non-hydrogen) atoms. The van der Waals surface area contributed by atoms with E-state index in [-0.39, 0.29) is 6.17 Å². The van der Waals surface area contributed by atoms with E-state index in [2.05, 4.69) is 28.2 Å². The zero-order chi connectivity index (χ0) is 14.8. The first-order valence-corrected chi connectivity index (χ1v) is 8.71. The van der Waals surface area contributed by atoms with Gasteiger partial charge in [-0.15, -0.1) is 0 Å². The number of dihydropyridines is 1. The summed E-state index contributed by atoms with van der Waals surface area (Å²) in [5.74, 6) is 2.36. The van der Waals surface area contributed by atoms with E-state index < -0.39 is 0 Å². The van der Waals surface area contributed by atoms with Crippen molar-refractivity contribution in [2.45, 2.75) is 38.3 Å². The first kappa shape index (κ1) is 14.3. The zero-order valence-electron chi connectivity index (χ0n) is 13.1. The number of aliphatic imine (C=N–C) groups is 1. The lowest BCUT2D eigenvalue weighted by molar-refractivity contribution is 0.143. The van der Waals surface area contributed by atoms with Gasteiger partial charge in [-0.05, 0) is 69.0 Å². The Balaban J connectivity index is 1.53. The summed E-state index contributed by atoms with van der Waals surface area (Å²) in [6.45, 7) is 4.01. The molecule has 0 aliphatic carbocycles. The average molecular weight is 302 g/mol. The molecule has 2 saturated heterocycles. The van der Waals surface area contributed by atoms with Crippen molar-refractivity contribution < 1.29 is 4.74 Å². The molecule has 0 aromatic heterocycles. The van der Waals surface area contributed by atoms with Gasteiger partial charge in [0.1, 0.15) is 5.84 Å². The minimum absolute atomic E-state index is 0.106. The van der Waals surface area contributed by atoms with Gasteiger partial charge in [0.2, 0.25) is 0 Å². The number of rotatable bonds is 2. The first-order valence-electron chi connectivity index (χ1n) is 8.71. The third-order valence-corrected chi connectivity index (χ3v) is 5.25. The molecule has 4 rings (SSSR count). The van der Waals surface area contributed by atoms with Gasteiger partial charge in [0, 0.05) is 19.1 Å². The number of piperidine rings is 1. The lowest BCUT2D eigenvalue weighted by atomic mass is 9.87. The molecule has 2 fully saturated rings. The van der Waals surface area contributed by atoms with E-state index in [1.54, 1.807) is 0 Å². The zero-order valence-corrected chi connectivity index (χ0v) is 13.1. The minimum atomic E-state index is 0.106. The van der Waals surface area contributed by atoms with Gasteiger partial charge < -0.3 is 20.7 Å². The number of nitrogens with zero attached hydrogens (tertiary/aromatic N) is 1. The van der Waals surface area contributed by atoms with Gasteiger partial charge in [-0.2, -0.15) is 0 Å². The lowest BCUT2D eigenvalue weighted by Gasteiger charge is -2.28. The van der Waals surface area contributed by atoms with Crippen LogP contribution < -0.4 is 16.0 Å². The third kappa shape index (κ3) is 2.79. The number of amidine groups is 1. The fourth-order valence-corrected chi connectivity index (χ4v) is 3.99. The molecular weight excluding hydrogens is 276 g/mol. The van der Waals surface area contributed by atoms with Crippen molar-refractivity contribution in [2.24, 2.45) is 16.8 Å². The largest absolute Gasteiger partial charge is 0.381 e. The van der Waals surface area contributed by atoms with E-state index in [1.807, 2.05) is 0 Å². The van der Waals surface area contributed by atoms with Crippen LogP contribution in [-0.4, -0.2) is 38.3 Å². The fraction of sp³-hybridized carbons (Fsp3) is 0.706. The quantitative estimate of drug-likeness (QED) is 0.723. The predicted octanol–water partition coefficient (Wildman–Crippen LogP) is 1.50. The van der Waals surface area contributed by atoms with Crippen LogP contribution in [0.4, 0.5) is 0 Å². The van der Waals surface area contributed by atoms with Crippen LogP contribution in [0.2, 0.25) is 0 Å². The highest BCUT2D eigenvalue weighted by molar-refractivity contribution is 5.89. The van der Waals surface area contributed by atoms with Gasteiger partial charge in [-0.3, -0.25) is 0 Å². The lowest BCUT2D eigenvalue weighted by Crippen LogP contribution is -2.35. The molecule has 0 radical (unpaired) electrons. The summed E-state index contributed by atoms with van der Waals surface area (Å²) in [5, 5.41) is 10.5. The summed E-state index contributed by atoms with van der Waals surface area (Å²) in [5.41, 5.74) is 2.77. The van der Waals surface area contributed by atoms with E-state index in [1.165, 1.54) is 36.4 Å². The van der Waals surface area contributed by atoms with Gasteiger partial charge in [0.25, 0.3) is 0 Å². The van der Waals surface area contributed by atoms with Gasteiger partial charge in [0.05, 0.1) is 5.70 Å². The maximum atomic E-state index is 5.59. The normalized spacial score (nSPS) is 32.8. The summed E-state index contributed by atoms with van der Waals surface area (Å²) >= 11 is 0. The number of hydrogen-bond donors (Lipinski definition) is 3. The second-order valence-electron chi connectivity index (χ2n) is 6.68. The van der Waals surface area contributed by atoms with Crippen molar-refractivity contribution in [1.82, 2.24) is 16.0 Å². The predicted molar refractivity (Wildman–Crippen MR) is 87.4 cm³/mol. The van der Waals surface area contributed by atoms with Crippen LogP contribution in [0.15, 0.2) is 28.5 Å². The van der Waals surface area contributed by atoms with Crippen LogP contribution in [0.25, 0.3) is 0 Å². The molecule has 5 nitrogen and oxygen atoms in total. The summed E-state index contributed by atoms with van der Waals surface area (Å²) in [6, 6.07) is 0. The molecule has 2 unspecified atom stereocenters. The SMILES string of the molecule is C1=CC(C2CCNCC2)=C2NC(C3CCCOCC3)=NC2N1. The first-order chi connectivity index (χ1) is 10.9. The molecule has 120 valence electrons. The van der Waals surface area contributed by atoms with Gasteiger partial charge in [-0.25, -0.2) is 4.99 Å². The standard InChI is InChI=1S/C17H26N4O/c1-2-13(6-11-22-10-1)16-20-15-14(5-9-19-17(15)21-16)12-3-7-18-8-4-12/h5,9,12-13,17-19H,1-4,6-8,10-11H2,(H,20,21). The molecule has 3 N–H and O–H groups in total. The summed E-state index contributed by atoms with van der Waals surface area (Å²) in [4.78, 5) is 4.93. The topological polar surface area (TPSA) is 57.7 Å². The Morgan fingerprint density at radius 3 is 2.86 bits per heavy atom. The molecule has 0 saturated carbocycles. The Kier molecular flexibility index (Phi) is 4.17. The van der Waals surface area contributed by atoms with Gasteiger partial charge in [0.15, 0.2) is 6.17 Å². The van der Waals surface area contributed by atoms with E-state index in [9.17, 15) is 0 Å². The molecule has 0 spiro atoms. The number of allylic oxidation sites excluding steroid dienone is 2. The highest BCUT2D eigenvalue weighted by Gasteiger charge is 2.33. The molecule has 0 amide bonds. The average Bonchev–Trinajstić information content (AvgIpc) is 2.82. The Hall–Kier alpha value is -1.33. The third-order valence-electron chi connectivity index (χ3n) is 5.25. The van der Waals surface area contributed by atoms with Crippen LogP contribution in [0, 0.1) is 11.8 Å². The van der Waals surface area contributed by atoms with Crippen molar-refractivity contribution in [3.05, 3.63) is 23.5 Å². The molecule has 0 aromatic carbocycles. The van der Waals surface area contributed by atoms with E-state index in [0.717, 1.165) is 39.1 Å². The Labute approximate surface area is 132 Å². The van der Waals surface area contributed by atoms with Crippen molar-refractivity contribution in [1.29, 1.82) is 0 Å². The highest BCUT2D eigenvalue weighted by atomic mass is 16.5. The Morgan fingerprint density at radius 2 is 1.95 bits per heavy atom. The van der Waals surface area contributed by atoms with Crippen molar-refractivity contribution in [3.63, 3.8) is 0 Å². The molecular formula is C17H26N4O. The van der Waals surface area contributed by atoms with Crippen LogP contribution in [0.3, 0.4) is 0 Å². The summed E-state index contributed by atoms with van der Waals surface area (Å²) < 4.78 is 5.59. The minimum Gasteiger partial charge on any atom is -0.381 e. The summed E-state index contributed by atoms with van der Waals surface area (Å²) in [6.07, 6.45) is 10.3. The summed E-state index contributed by atoms with van der Waals surface area (Å²) in [7, 11) is 0. The molecule has 4 heterocycles. The highest BCUT2D eigenvalue weighted by Crippen LogP contribution is 2.31. The fourth-order valence-electron chi connectivity index (χ4n) is 3.99. The van der Waals surface area contributed by atoms with Crippen LogP contribution >= 0.6 is 0 Å². The van der Waals surface area contributed by atoms with E-state index in [0.29, 0.717) is 11.8 Å². The number of ether oxygens (including phenoxy) is 1. The second-order valence-corrected chi connectivity index (χ2v) is 6.68. The Morgan fingerprint density at radius 1 is 1.05 bits per heavy atom. The Bertz CT molecular complexity index is 497. The molecule has 0 bridgehead atoms. The maximum Gasteiger partial charge on any atom is 0.161 e. The molecule has 4 aliphatic heterocycles. The van der Waals surface area contributed by atoms with E-state index in [4.69, 9.17) is 9.73 Å².